The van der Waals surface area contributed by atoms with Gasteiger partial charge in [-0.3, -0.25) is 14.3 Å². The van der Waals surface area contributed by atoms with E-state index >= 15 is 0 Å². The Balaban J connectivity index is 1.66. The van der Waals surface area contributed by atoms with E-state index in [1.165, 1.54) is 0 Å². The lowest BCUT2D eigenvalue weighted by molar-refractivity contribution is -0.132. The number of rotatable bonds is 7. The number of sulfonamides is 1. The Kier molecular flexibility index (Phi) is 7.79. The molecule has 0 aliphatic carbocycles. The van der Waals surface area contributed by atoms with Crippen LogP contribution in [-0.4, -0.2) is 56.2 Å². The second-order valence-corrected chi connectivity index (χ2v) is 10.7. The van der Waals surface area contributed by atoms with Crippen molar-refractivity contribution in [2.75, 3.05) is 30.9 Å². The summed E-state index contributed by atoms with van der Waals surface area (Å²) in [6, 6.07) is 11.8. The number of hydrogen-bond donors (Lipinski definition) is 1. The molecule has 3 rings (SSSR count). The number of piperazine rings is 1. The lowest BCUT2D eigenvalue weighted by Crippen LogP contribution is -2.50. The molecule has 2 amide bonds. The molecule has 1 saturated heterocycles. The molecule has 0 atom stereocenters. The van der Waals surface area contributed by atoms with Crippen LogP contribution in [0.3, 0.4) is 0 Å². The Bertz CT molecular complexity index is 1120. The zero-order chi connectivity index (χ0) is 24.2. The molecule has 2 aromatic carbocycles. The van der Waals surface area contributed by atoms with E-state index in [9.17, 15) is 18.0 Å². The lowest BCUT2D eigenvalue weighted by Gasteiger charge is -2.35. The molecule has 0 unspecified atom stereocenters. The fraction of sp³-hybridized carbons (Fsp3) is 0.440. The highest BCUT2D eigenvalue weighted by atomic mass is 32.2. The Morgan fingerprint density at radius 1 is 0.970 bits per heavy atom. The first-order valence-corrected chi connectivity index (χ1v) is 12.8. The van der Waals surface area contributed by atoms with Gasteiger partial charge >= 0.3 is 0 Å². The average Bonchev–Trinajstić information content (AvgIpc) is 2.78. The first-order chi connectivity index (χ1) is 15.6. The highest BCUT2D eigenvalue weighted by molar-refractivity contribution is 7.92. The van der Waals surface area contributed by atoms with Crippen LogP contribution in [0.15, 0.2) is 47.4 Å². The highest BCUT2D eigenvalue weighted by Gasteiger charge is 2.25. The van der Waals surface area contributed by atoms with Crippen LogP contribution >= 0.6 is 0 Å². The maximum atomic E-state index is 13.0. The van der Waals surface area contributed by atoms with Gasteiger partial charge in [0.2, 0.25) is 5.91 Å². The minimum absolute atomic E-state index is 0.138. The third-order valence-corrected chi connectivity index (χ3v) is 7.37. The van der Waals surface area contributed by atoms with Crippen LogP contribution in [0.5, 0.6) is 0 Å². The molecule has 7 nitrogen and oxygen atoms in total. The van der Waals surface area contributed by atoms with Crippen molar-refractivity contribution >= 4 is 27.5 Å². The van der Waals surface area contributed by atoms with Crippen molar-refractivity contribution in [1.82, 2.24) is 9.80 Å². The summed E-state index contributed by atoms with van der Waals surface area (Å²) in [6.07, 6.45) is 1.40. The summed E-state index contributed by atoms with van der Waals surface area (Å²) < 4.78 is 28.4. The van der Waals surface area contributed by atoms with Crippen LogP contribution in [0, 0.1) is 19.8 Å². The minimum Gasteiger partial charge on any atom is -0.339 e. The van der Waals surface area contributed by atoms with Gasteiger partial charge in [0.05, 0.1) is 4.90 Å². The molecule has 0 bridgehead atoms. The van der Waals surface area contributed by atoms with Crippen molar-refractivity contribution in [3.63, 3.8) is 0 Å². The predicted molar refractivity (Wildman–Crippen MR) is 130 cm³/mol. The fourth-order valence-electron chi connectivity index (χ4n) is 3.83. The van der Waals surface area contributed by atoms with Crippen molar-refractivity contribution in [3.8, 4) is 0 Å². The fourth-order valence-corrected chi connectivity index (χ4v) is 5.21. The molecule has 2 aromatic rings. The van der Waals surface area contributed by atoms with E-state index in [-0.39, 0.29) is 16.7 Å². The average molecular weight is 472 g/mol. The number of nitrogens with zero attached hydrogens (tertiary/aromatic N) is 2. The summed E-state index contributed by atoms with van der Waals surface area (Å²) >= 11 is 0. The Hall–Kier alpha value is -2.87. The monoisotopic (exact) mass is 471 g/mol. The van der Waals surface area contributed by atoms with Crippen LogP contribution in [0.25, 0.3) is 0 Å². The van der Waals surface area contributed by atoms with Gasteiger partial charge in [0.25, 0.3) is 15.9 Å². The topological polar surface area (TPSA) is 86.8 Å². The maximum Gasteiger partial charge on any atom is 0.262 e. The smallest absolute Gasteiger partial charge is 0.262 e. The molecule has 1 fully saturated rings. The number of nitrogens with one attached hydrogen (secondary N) is 1. The number of anilines is 1. The zero-order valence-corrected chi connectivity index (χ0v) is 20.6. The number of carbonyl (C=O) groups is 2. The summed E-state index contributed by atoms with van der Waals surface area (Å²) in [7, 11) is -3.78. The van der Waals surface area contributed by atoms with Gasteiger partial charge in [0.1, 0.15) is 0 Å². The Labute approximate surface area is 196 Å². The first-order valence-electron chi connectivity index (χ1n) is 11.3. The molecule has 0 saturated carbocycles. The number of amides is 2. The summed E-state index contributed by atoms with van der Waals surface area (Å²) in [5.41, 5.74) is 2.26. The summed E-state index contributed by atoms with van der Waals surface area (Å²) in [5.74, 6) is 0.451. The molecule has 0 radical (unpaired) electrons. The van der Waals surface area contributed by atoms with Crippen molar-refractivity contribution in [1.29, 1.82) is 0 Å². The second kappa shape index (κ2) is 10.4. The zero-order valence-electron chi connectivity index (χ0n) is 19.8. The molecule has 1 aliphatic heterocycles. The Morgan fingerprint density at radius 3 is 2.30 bits per heavy atom. The number of aryl methyl sites for hydroxylation is 2. The number of benzene rings is 2. The molecule has 1 N–H and O–H groups in total. The maximum absolute atomic E-state index is 13.0. The van der Waals surface area contributed by atoms with Crippen LogP contribution in [0.2, 0.25) is 0 Å². The minimum atomic E-state index is -3.78. The van der Waals surface area contributed by atoms with Gasteiger partial charge < -0.3 is 9.80 Å². The highest BCUT2D eigenvalue weighted by Crippen LogP contribution is 2.22. The van der Waals surface area contributed by atoms with E-state index < -0.39 is 10.0 Å². The van der Waals surface area contributed by atoms with Crippen molar-refractivity contribution in [2.24, 2.45) is 5.92 Å². The van der Waals surface area contributed by atoms with E-state index in [0.717, 1.165) is 12.0 Å². The molecule has 8 heteroatoms. The molecule has 1 heterocycles. The van der Waals surface area contributed by atoms with Gasteiger partial charge in [-0.2, -0.15) is 0 Å². The van der Waals surface area contributed by atoms with Gasteiger partial charge in [-0.25, -0.2) is 8.42 Å². The van der Waals surface area contributed by atoms with E-state index in [4.69, 9.17) is 0 Å². The SMILES string of the molecule is Cc1ccc(C)c(S(=O)(=O)Nc2cccc(C(=O)N3CCN(C(=O)CCC(C)C)CC3)c2)c1. The Morgan fingerprint density at radius 2 is 1.64 bits per heavy atom. The van der Waals surface area contributed by atoms with E-state index in [1.807, 2.05) is 17.9 Å². The second-order valence-electron chi connectivity index (χ2n) is 9.06. The van der Waals surface area contributed by atoms with Gasteiger partial charge in [0.15, 0.2) is 0 Å². The summed E-state index contributed by atoms with van der Waals surface area (Å²) in [4.78, 5) is 29.1. The summed E-state index contributed by atoms with van der Waals surface area (Å²) in [6.45, 7) is 9.75. The number of hydrogen-bond acceptors (Lipinski definition) is 4. The van der Waals surface area contributed by atoms with E-state index in [2.05, 4.69) is 18.6 Å². The largest absolute Gasteiger partial charge is 0.339 e. The van der Waals surface area contributed by atoms with Gasteiger partial charge in [-0.05, 0) is 61.6 Å². The molecule has 33 heavy (non-hydrogen) atoms. The van der Waals surface area contributed by atoms with Crippen molar-refractivity contribution in [3.05, 3.63) is 59.2 Å². The van der Waals surface area contributed by atoms with Crippen molar-refractivity contribution in [2.45, 2.75) is 45.4 Å². The number of carbonyl (C=O) groups excluding carboxylic acids is 2. The molecule has 178 valence electrons. The van der Waals surface area contributed by atoms with Crippen LogP contribution in [-0.2, 0) is 14.8 Å². The van der Waals surface area contributed by atoms with Crippen LogP contribution in [0.1, 0.15) is 48.2 Å². The van der Waals surface area contributed by atoms with Crippen LogP contribution < -0.4 is 4.72 Å². The van der Waals surface area contributed by atoms with Gasteiger partial charge in [-0.1, -0.05) is 32.0 Å². The summed E-state index contributed by atoms with van der Waals surface area (Å²) in [5, 5.41) is 0. The molecule has 1 aliphatic rings. The quantitative estimate of drug-likeness (QED) is 0.665. The molecular weight excluding hydrogens is 438 g/mol. The van der Waals surface area contributed by atoms with E-state index in [0.29, 0.717) is 55.3 Å². The van der Waals surface area contributed by atoms with Gasteiger partial charge in [0, 0.05) is 43.9 Å². The van der Waals surface area contributed by atoms with E-state index in [1.54, 1.807) is 48.2 Å². The normalized spacial score (nSPS) is 14.5. The predicted octanol–water partition coefficient (Wildman–Crippen LogP) is 3.82. The first kappa shape index (κ1) is 24.8. The van der Waals surface area contributed by atoms with Crippen molar-refractivity contribution < 1.29 is 18.0 Å². The standard InChI is InChI=1S/C25H33N3O4S/c1-18(2)8-11-24(29)27-12-14-28(15-13-27)25(30)21-6-5-7-22(17-21)26-33(31,32)23-16-19(3)9-10-20(23)4/h5-7,9-10,16-18,26H,8,11-15H2,1-4H3. The molecule has 0 aromatic heterocycles. The third-order valence-electron chi connectivity index (χ3n) is 5.85. The molecular formula is C25H33N3O4S. The van der Waals surface area contributed by atoms with Gasteiger partial charge in [-0.15, -0.1) is 0 Å². The third kappa shape index (κ3) is 6.35. The lowest BCUT2D eigenvalue weighted by atomic mass is 10.1. The van der Waals surface area contributed by atoms with Crippen LogP contribution in [0.4, 0.5) is 5.69 Å². The molecule has 0 spiro atoms.